The molecule has 1 aromatic carbocycles. The van der Waals surface area contributed by atoms with Crippen molar-refractivity contribution in [1.82, 2.24) is 4.98 Å². The molecule has 2 N–H and O–H groups in total. The van der Waals surface area contributed by atoms with Gasteiger partial charge in [0, 0.05) is 11.8 Å². The summed E-state index contributed by atoms with van der Waals surface area (Å²) in [6.45, 7) is 0. The minimum Gasteiger partial charge on any atom is -0.477 e. The summed E-state index contributed by atoms with van der Waals surface area (Å²) in [5.74, 6) is -1.29. The Kier molecular flexibility index (Phi) is 3.76. The van der Waals surface area contributed by atoms with Crippen LogP contribution in [-0.4, -0.2) is 21.0 Å². The van der Waals surface area contributed by atoms with Gasteiger partial charge in [0.1, 0.15) is 17.6 Å². The predicted octanol–water partition coefficient (Wildman–Crippen LogP) is 2.30. The number of nitro groups is 1. The fourth-order valence-electron chi connectivity index (χ4n) is 1.65. The lowest BCUT2D eigenvalue weighted by molar-refractivity contribution is -0.385. The van der Waals surface area contributed by atoms with Gasteiger partial charge in [0.25, 0.3) is 0 Å². The van der Waals surface area contributed by atoms with Crippen LogP contribution < -0.4 is 5.32 Å². The molecule has 0 radical (unpaired) electrons. The lowest BCUT2D eigenvalue weighted by atomic mass is 10.2. The Morgan fingerprint density at radius 3 is 2.81 bits per heavy atom. The third kappa shape index (κ3) is 3.10. The van der Waals surface area contributed by atoms with E-state index >= 15 is 0 Å². The zero-order valence-electron chi connectivity index (χ0n) is 10.5. The van der Waals surface area contributed by atoms with Gasteiger partial charge in [-0.25, -0.2) is 9.78 Å². The molecule has 8 heteroatoms. The molecule has 104 valence electrons. The summed E-state index contributed by atoms with van der Waals surface area (Å²) >= 11 is 0. The van der Waals surface area contributed by atoms with Gasteiger partial charge in [0.2, 0.25) is 0 Å². The number of carbonyl (C=O) groups is 1. The van der Waals surface area contributed by atoms with Crippen molar-refractivity contribution in [3.8, 4) is 6.07 Å². The summed E-state index contributed by atoms with van der Waals surface area (Å²) < 4.78 is 0. The summed E-state index contributed by atoms with van der Waals surface area (Å²) in [5, 5.41) is 31.3. The largest absolute Gasteiger partial charge is 0.477 e. The van der Waals surface area contributed by atoms with E-state index in [2.05, 4.69) is 10.3 Å². The third-order valence-corrected chi connectivity index (χ3v) is 2.57. The number of benzene rings is 1. The number of pyridine rings is 1. The Balaban J connectivity index is 2.37. The second kappa shape index (κ2) is 5.66. The van der Waals surface area contributed by atoms with Crippen LogP contribution in [0.1, 0.15) is 15.9 Å². The highest BCUT2D eigenvalue weighted by molar-refractivity contribution is 5.93. The second-order valence-electron chi connectivity index (χ2n) is 3.97. The maximum Gasteiger partial charge on any atom is 0.342 e. The van der Waals surface area contributed by atoms with Crippen LogP contribution in [0, 0.1) is 21.4 Å². The van der Waals surface area contributed by atoms with E-state index in [1.54, 1.807) is 24.3 Å². The Morgan fingerprint density at radius 2 is 2.19 bits per heavy atom. The van der Waals surface area contributed by atoms with E-state index in [1.807, 2.05) is 6.07 Å². The van der Waals surface area contributed by atoms with Crippen LogP contribution in [0.25, 0.3) is 0 Å². The Hall–Kier alpha value is -3.47. The number of nitriles is 1. The zero-order valence-corrected chi connectivity index (χ0v) is 10.5. The summed E-state index contributed by atoms with van der Waals surface area (Å²) in [6, 6.07) is 9.49. The first-order chi connectivity index (χ1) is 10.0. The highest BCUT2D eigenvalue weighted by Gasteiger charge is 2.21. The number of aromatic nitrogens is 1. The van der Waals surface area contributed by atoms with Crippen molar-refractivity contribution in [3.05, 3.63) is 57.8 Å². The molecule has 8 nitrogen and oxygen atoms in total. The number of anilines is 2. The average Bonchev–Trinajstić information content (AvgIpc) is 2.47. The van der Waals surface area contributed by atoms with Crippen molar-refractivity contribution >= 4 is 23.2 Å². The van der Waals surface area contributed by atoms with Crippen LogP contribution >= 0.6 is 0 Å². The van der Waals surface area contributed by atoms with Crippen LogP contribution in [0.2, 0.25) is 0 Å². The van der Waals surface area contributed by atoms with Gasteiger partial charge in [-0.3, -0.25) is 10.1 Å². The summed E-state index contributed by atoms with van der Waals surface area (Å²) in [4.78, 5) is 24.7. The molecule has 1 aromatic heterocycles. The fourth-order valence-corrected chi connectivity index (χ4v) is 1.65. The summed E-state index contributed by atoms with van der Waals surface area (Å²) in [7, 11) is 0. The van der Waals surface area contributed by atoms with Crippen LogP contribution in [0.15, 0.2) is 36.5 Å². The molecule has 1 heterocycles. The van der Waals surface area contributed by atoms with Gasteiger partial charge in [-0.1, -0.05) is 6.07 Å². The highest BCUT2D eigenvalue weighted by Crippen LogP contribution is 2.22. The lowest BCUT2D eigenvalue weighted by Gasteiger charge is -2.06. The van der Waals surface area contributed by atoms with E-state index in [1.165, 1.54) is 0 Å². The molecule has 0 aliphatic rings. The van der Waals surface area contributed by atoms with Crippen LogP contribution in [0.3, 0.4) is 0 Å². The first kappa shape index (κ1) is 14.0. The van der Waals surface area contributed by atoms with Gasteiger partial charge in [0.05, 0.1) is 16.6 Å². The quantitative estimate of drug-likeness (QED) is 0.650. The number of hydrogen-bond donors (Lipinski definition) is 2. The smallest absolute Gasteiger partial charge is 0.342 e. The molecule has 0 amide bonds. The number of carboxylic acid groups (broad SMARTS) is 1. The van der Waals surface area contributed by atoms with Gasteiger partial charge < -0.3 is 10.4 Å². The number of nitrogens with one attached hydrogen (secondary N) is 1. The fraction of sp³-hybridized carbons (Fsp3) is 0. The first-order valence-corrected chi connectivity index (χ1v) is 5.66. The SMILES string of the molecule is N#Cc1cccc(Nc2cc(C(=O)O)c([N+](=O)[O-])cn2)c1. The molecule has 2 rings (SSSR count). The van der Waals surface area contributed by atoms with Gasteiger partial charge >= 0.3 is 11.7 Å². The van der Waals surface area contributed by atoms with E-state index in [4.69, 9.17) is 10.4 Å². The van der Waals surface area contributed by atoms with Crippen molar-refractivity contribution in [2.45, 2.75) is 0 Å². The number of rotatable bonds is 4. The molecule has 0 aliphatic heterocycles. The summed E-state index contributed by atoms with van der Waals surface area (Å²) in [5.41, 5.74) is -0.111. The molecule has 0 bridgehead atoms. The third-order valence-electron chi connectivity index (χ3n) is 2.57. The zero-order chi connectivity index (χ0) is 15.4. The molecule has 0 fully saturated rings. The van der Waals surface area contributed by atoms with Crippen molar-refractivity contribution in [1.29, 1.82) is 5.26 Å². The van der Waals surface area contributed by atoms with Crippen LogP contribution in [0.4, 0.5) is 17.2 Å². The van der Waals surface area contributed by atoms with Crippen molar-refractivity contribution in [2.75, 3.05) is 5.32 Å². The van der Waals surface area contributed by atoms with E-state index < -0.39 is 22.1 Å². The van der Waals surface area contributed by atoms with Crippen LogP contribution in [0.5, 0.6) is 0 Å². The molecule has 0 aliphatic carbocycles. The normalized spacial score (nSPS) is 9.67. The number of aromatic carboxylic acids is 1. The van der Waals surface area contributed by atoms with E-state index in [0.29, 0.717) is 11.3 Å². The average molecular weight is 284 g/mol. The van der Waals surface area contributed by atoms with Crippen molar-refractivity contribution in [2.24, 2.45) is 0 Å². The predicted molar refractivity (Wildman–Crippen MR) is 72.3 cm³/mol. The molecular formula is C13H8N4O4. The topological polar surface area (TPSA) is 129 Å². The Bertz CT molecular complexity index is 767. The first-order valence-electron chi connectivity index (χ1n) is 5.66. The minimum absolute atomic E-state index is 0.132. The van der Waals surface area contributed by atoms with Gasteiger partial charge in [-0.05, 0) is 18.2 Å². The Morgan fingerprint density at radius 1 is 1.43 bits per heavy atom. The van der Waals surface area contributed by atoms with Crippen molar-refractivity contribution in [3.63, 3.8) is 0 Å². The standard InChI is InChI=1S/C13H8N4O4/c14-6-8-2-1-3-9(4-8)16-12-5-10(13(18)19)11(7-15-12)17(20)21/h1-5,7H,(H,15,16)(H,18,19). The van der Waals surface area contributed by atoms with E-state index in [-0.39, 0.29) is 5.82 Å². The van der Waals surface area contributed by atoms with E-state index in [0.717, 1.165) is 12.3 Å². The number of carboxylic acids is 1. The molecule has 0 unspecified atom stereocenters. The van der Waals surface area contributed by atoms with Gasteiger partial charge in [-0.2, -0.15) is 5.26 Å². The number of hydrogen-bond acceptors (Lipinski definition) is 6. The molecule has 0 atom stereocenters. The molecule has 0 spiro atoms. The monoisotopic (exact) mass is 284 g/mol. The number of nitrogens with zero attached hydrogens (tertiary/aromatic N) is 3. The maximum atomic E-state index is 11.0. The van der Waals surface area contributed by atoms with Gasteiger partial charge in [0.15, 0.2) is 0 Å². The van der Waals surface area contributed by atoms with E-state index in [9.17, 15) is 14.9 Å². The van der Waals surface area contributed by atoms with Crippen molar-refractivity contribution < 1.29 is 14.8 Å². The van der Waals surface area contributed by atoms with Crippen LogP contribution in [-0.2, 0) is 0 Å². The minimum atomic E-state index is -1.42. The molecule has 21 heavy (non-hydrogen) atoms. The van der Waals surface area contributed by atoms with Gasteiger partial charge in [-0.15, -0.1) is 0 Å². The Labute approximate surface area is 118 Å². The highest BCUT2D eigenvalue weighted by atomic mass is 16.6. The maximum absolute atomic E-state index is 11.0. The second-order valence-corrected chi connectivity index (χ2v) is 3.97. The molecule has 0 saturated carbocycles. The molecule has 0 saturated heterocycles. The lowest BCUT2D eigenvalue weighted by Crippen LogP contribution is -2.05. The molecular weight excluding hydrogens is 276 g/mol. The summed E-state index contributed by atoms with van der Waals surface area (Å²) in [6.07, 6.45) is 0.875. The molecule has 2 aromatic rings.